The summed E-state index contributed by atoms with van der Waals surface area (Å²) in [6, 6.07) is 15.4. The molecule has 3 rings (SSSR count). The zero-order valence-electron chi connectivity index (χ0n) is 13.0. The molecule has 0 spiro atoms. The largest absolute Gasteiger partial charge is 0.458 e. The molecular weight excluding hydrogens is 329 g/mol. The Balaban J connectivity index is 2.23. The number of rotatable bonds is 5. The summed E-state index contributed by atoms with van der Waals surface area (Å²) < 4.78 is 45.7. The summed E-state index contributed by atoms with van der Waals surface area (Å²) in [6.45, 7) is 0.339. The van der Waals surface area contributed by atoms with Gasteiger partial charge in [-0.15, -0.1) is 0 Å². The van der Waals surface area contributed by atoms with E-state index in [2.05, 4.69) is 5.32 Å². The van der Waals surface area contributed by atoms with Gasteiger partial charge in [-0.25, -0.2) is 12.8 Å². The van der Waals surface area contributed by atoms with Crippen LogP contribution in [0.4, 0.5) is 4.39 Å². The minimum atomic E-state index is -3.82. The lowest BCUT2D eigenvalue weighted by Crippen LogP contribution is -2.04. The van der Waals surface area contributed by atoms with E-state index >= 15 is 0 Å². The fraction of sp³-hybridized carbons (Fsp3) is 0.111. The summed E-state index contributed by atoms with van der Waals surface area (Å²) in [4.78, 5) is 0.100. The van der Waals surface area contributed by atoms with E-state index in [0.717, 1.165) is 0 Å². The normalized spacial score (nSPS) is 11.6. The Kier molecular flexibility index (Phi) is 4.51. The zero-order valence-corrected chi connectivity index (χ0v) is 13.8. The van der Waals surface area contributed by atoms with Crippen LogP contribution in [0.25, 0.3) is 11.3 Å². The van der Waals surface area contributed by atoms with Crippen LogP contribution >= 0.6 is 0 Å². The lowest BCUT2D eigenvalue weighted by Gasteiger charge is -2.06. The van der Waals surface area contributed by atoms with Gasteiger partial charge in [0.1, 0.15) is 16.5 Å². The molecule has 1 N–H and O–H groups in total. The van der Waals surface area contributed by atoms with E-state index in [1.54, 1.807) is 37.4 Å². The molecule has 0 aliphatic rings. The van der Waals surface area contributed by atoms with E-state index in [0.29, 0.717) is 12.3 Å². The Morgan fingerprint density at radius 3 is 2.38 bits per heavy atom. The quantitative estimate of drug-likeness (QED) is 0.767. The minimum absolute atomic E-state index is 0.0159. The molecule has 1 heterocycles. The van der Waals surface area contributed by atoms with Crippen molar-refractivity contribution in [2.24, 2.45) is 0 Å². The molecule has 0 atom stereocenters. The summed E-state index contributed by atoms with van der Waals surface area (Å²) in [5, 5.41) is 2.90. The van der Waals surface area contributed by atoms with E-state index in [1.807, 2.05) is 0 Å². The third-order valence-electron chi connectivity index (χ3n) is 3.56. The molecule has 6 heteroatoms. The highest BCUT2D eigenvalue weighted by atomic mass is 32.2. The molecule has 0 unspecified atom stereocenters. The van der Waals surface area contributed by atoms with Crippen molar-refractivity contribution in [3.63, 3.8) is 0 Å². The summed E-state index contributed by atoms with van der Waals surface area (Å²) in [5.41, 5.74) is 0.120. The Bertz CT molecular complexity index is 949. The van der Waals surface area contributed by atoms with Crippen molar-refractivity contribution in [1.82, 2.24) is 5.32 Å². The van der Waals surface area contributed by atoms with Gasteiger partial charge in [0.25, 0.3) is 0 Å². The predicted molar refractivity (Wildman–Crippen MR) is 88.8 cm³/mol. The van der Waals surface area contributed by atoms with Gasteiger partial charge in [0.2, 0.25) is 9.84 Å². The van der Waals surface area contributed by atoms with E-state index in [-0.39, 0.29) is 21.1 Å². The SMILES string of the molecule is CNCc1cc(S(=O)(=O)c2ccccc2)c(-c2ccccc2F)o1. The summed E-state index contributed by atoms with van der Waals surface area (Å²) in [5.74, 6) is -0.0974. The molecule has 0 bridgehead atoms. The van der Waals surface area contributed by atoms with Crippen molar-refractivity contribution < 1.29 is 17.2 Å². The molecule has 0 aliphatic heterocycles. The van der Waals surface area contributed by atoms with Crippen molar-refractivity contribution in [1.29, 1.82) is 0 Å². The van der Waals surface area contributed by atoms with Crippen LogP contribution in [0.2, 0.25) is 0 Å². The van der Waals surface area contributed by atoms with Crippen LogP contribution in [0.15, 0.2) is 74.9 Å². The first-order valence-electron chi connectivity index (χ1n) is 7.36. The van der Waals surface area contributed by atoms with E-state index < -0.39 is 15.7 Å². The summed E-state index contributed by atoms with van der Waals surface area (Å²) in [7, 11) is -2.10. The van der Waals surface area contributed by atoms with Crippen LogP contribution in [0.5, 0.6) is 0 Å². The van der Waals surface area contributed by atoms with E-state index in [9.17, 15) is 12.8 Å². The van der Waals surface area contributed by atoms with Crippen molar-refractivity contribution in [2.45, 2.75) is 16.3 Å². The Morgan fingerprint density at radius 2 is 1.71 bits per heavy atom. The van der Waals surface area contributed by atoms with Gasteiger partial charge < -0.3 is 9.73 Å². The Hall–Kier alpha value is -2.44. The number of benzene rings is 2. The molecule has 124 valence electrons. The van der Waals surface area contributed by atoms with Crippen LogP contribution in [-0.2, 0) is 16.4 Å². The van der Waals surface area contributed by atoms with Gasteiger partial charge in [-0.05, 0) is 31.3 Å². The van der Waals surface area contributed by atoms with Gasteiger partial charge in [0.15, 0.2) is 5.76 Å². The van der Waals surface area contributed by atoms with Crippen molar-refractivity contribution in [2.75, 3.05) is 7.05 Å². The van der Waals surface area contributed by atoms with Gasteiger partial charge in [0.05, 0.1) is 17.0 Å². The van der Waals surface area contributed by atoms with Crippen LogP contribution in [0.3, 0.4) is 0 Å². The fourth-order valence-electron chi connectivity index (χ4n) is 2.44. The van der Waals surface area contributed by atoms with Gasteiger partial charge in [0, 0.05) is 6.07 Å². The van der Waals surface area contributed by atoms with Gasteiger partial charge in [-0.2, -0.15) is 0 Å². The third kappa shape index (κ3) is 2.98. The first-order valence-corrected chi connectivity index (χ1v) is 8.84. The van der Waals surface area contributed by atoms with Crippen LogP contribution < -0.4 is 5.32 Å². The number of hydrogen-bond donors (Lipinski definition) is 1. The van der Waals surface area contributed by atoms with Crippen molar-refractivity contribution >= 4 is 9.84 Å². The second-order valence-electron chi connectivity index (χ2n) is 5.23. The predicted octanol–water partition coefficient (Wildman–Crippen LogP) is 3.64. The smallest absolute Gasteiger partial charge is 0.210 e. The maximum absolute atomic E-state index is 14.2. The maximum Gasteiger partial charge on any atom is 0.210 e. The van der Waals surface area contributed by atoms with Gasteiger partial charge >= 0.3 is 0 Å². The average Bonchev–Trinajstić information content (AvgIpc) is 3.01. The third-order valence-corrected chi connectivity index (χ3v) is 5.34. The number of nitrogens with one attached hydrogen (secondary N) is 1. The Labute approximate surface area is 139 Å². The van der Waals surface area contributed by atoms with E-state index in [4.69, 9.17) is 4.42 Å². The fourth-order valence-corrected chi connectivity index (χ4v) is 3.89. The van der Waals surface area contributed by atoms with Crippen LogP contribution in [0.1, 0.15) is 5.76 Å². The summed E-state index contributed by atoms with van der Waals surface area (Å²) in [6.07, 6.45) is 0. The zero-order chi connectivity index (χ0) is 17.2. The molecule has 0 saturated carbocycles. The molecule has 2 aromatic carbocycles. The average molecular weight is 345 g/mol. The monoisotopic (exact) mass is 345 g/mol. The molecule has 0 fully saturated rings. The second kappa shape index (κ2) is 6.59. The molecular formula is C18H16FNO3S. The molecule has 4 nitrogen and oxygen atoms in total. The topological polar surface area (TPSA) is 59.3 Å². The maximum atomic E-state index is 14.2. The number of sulfone groups is 1. The standard InChI is InChI=1S/C18H16FNO3S/c1-20-12-13-11-17(24(21,22)14-7-3-2-4-8-14)18(23-13)15-9-5-6-10-16(15)19/h2-11,20H,12H2,1H3. The lowest BCUT2D eigenvalue weighted by atomic mass is 10.1. The highest BCUT2D eigenvalue weighted by Gasteiger charge is 2.27. The summed E-state index contributed by atoms with van der Waals surface area (Å²) >= 11 is 0. The molecule has 0 saturated heterocycles. The van der Waals surface area contributed by atoms with Crippen molar-refractivity contribution in [3.05, 3.63) is 72.2 Å². The van der Waals surface area contributed by atoms with Crippen molar-refractivity contribution in [3.8, 4) is 11.3 Å². The molecule has 3 aromatic rings. The van der Waals surface area contributed by atoms with Crippen LogP contribution in [0, 0.1) is 5.82 Å². The molecule has 0 amide bonds. The minimum Gasteiger partial charge on any atom is -0.458 e. The first kappa shape index (κ1) is 16.4. The van der Waals surface area contributed by atoms with Crippen LogP contribution in [-0.4, -0.2) is 15.5 Å². The van der Waals surface area contributed by atoms with Gasteiger partial charge in [-0.1, -0.05) is 30.3 Å². The lowest BCUT2D eigenvalue weighted by molar-refractivity contribution is 0.500. The molecule has 1 aromatic heterocycles. The molecule has 0 radical (unpaired) electrons. The highest BCUT2D eigenvalue weighted by Crippen LogP contribution is 2.35. The second-order valence-corrected chi connectivity index (χ2v) is 7.15. The van der Waals surface area contributed by atoms with E-state index in [1.165, 1.54) is 30.3 Å². The number of hydrogen-bond acceptors (Lipinski definition) is 4. The molecule has 0 aliphatic carbocycles. The van der Waals surface area contributed by atoms with Gasteiger partial charge in [-0.3, -0.25) is 0 Å². The molecule has 24 heavy (non-hydrogen) atoms. The highest BCUT2D eigenvalue weighted by molar-refractivity contribution is 7.91. The number of halogens is 1. The number of furan rings is 1. The Morgan fingerprint density at radius 1 is 1.04 bits per heavy atom. The first-order chi connectivity index (χ1) is 11.5.